The third-order valence-electron chi connectivity index (χ3n) is 2.96. The average Bonchev–Trinajstić information content (AvgIpc) is 2.77. The van der Waals surface area contributed by atoms with Crippen LogP contribution in [0, 0.1) is 5.82 Å². The number of alkyl halides is 1. The maximum atomic E-state index is 13.2. The van der Waals surface area contributed by atoms with Crippen molar-refractivity contribution in [2.75, 3.05) is 23.9 Å². The van der Waals surface area contributed by atoms with Gasteiger partial charge in [0.15, 0.2) is 0 Å². The third-order valence-corrected chi connectivity index (χ3v) is 3.15. The number of nitrogens with one attached hydrogen (secondary N) is 2. The van der Waals surface area contributed by atoms with Crippen molar-refractivity contribution in [2.24, 2.45) is 0 Å². The lowest BCUT2D eigenvalue weighted by Gasteiger charge is -2.17. The zero-order valence-electron chi connectivity index (χ0n) is 10.7. The van der Waals surface area contributed by atoms with Gasteiger partial charge in [-0.15, -0.1) is 11.6 Å². The van der Waals surface area contributed by atoms with E-state index in [1.54, 1.807) is 12.1 Å². The Bertz CT molecular complexity index is 512. The van der Waals surface area contributed by atoms with E-state index in [9.17, 15) is 14.0 Å². The maximum absolute atomic E-state index is 13.2. The van der Waals surface area contributed by atoms with Crippen molar-refractivity contribution in [2.45, 2.75) is 12.5 Å². The number of nitrogens with zero attached hydrogens (tertiary/aromatic N) is 1. The first-order chi connectivity index (χ1) is 9.60. The maximum Gasteiger partial charge on any atom is 0.315 e. The molecule has 0 saturated carbocycles. The minimum atomic E-state index is -0.397. The number of hydrogen-bond acceptors (Lipinski definition) is 2. The lowest BCUT2D eigenvalue weighted by Crippen LogP contribution is -2.43. The van der Waals surface area contributed by atoms with E-state index in [4.69, 9.17) is 11.6 Å². The smallest absolute Gasteiger partial charge is 0.315 e. The molecule has 3 amide bonds. The summed E-state index contributed by atoms with van der Waals surface area (Å²) in [4.78, 5) is 24.9. The number of rotatable bonds is 4. The van der Waals surface area contributed by atoms with Gasteiger partial charge >= 0.3 is 6.03 Å². The van der Waals surface area contributed by atoms with E-state index in [0.29, 0.717) is 24.7 Å². The van der Waals surface area contributed by atoms with E-state index in [-0.39, 0.29) is 24.4 Å². The molecule has 1 fully saturated rings. The van der Waals surface area contributed by atoms with Gasteiger partial charge in [-0.2, -0.15) is 0 Å². The second kappa shape index (κ2) is 6.56. The van der Waals surface area contributed by atoms with Gasteiger partial charge in [0.2, 0.25) is 5.91 Å². The van der Waals surface area contributed by atoms with Gasteiger partial charge in [-0.05, 0) is 18.2 Å². The molecule has 0 bridgehead atoms. The van der Waals surface area contributed by atoms with E-state index in [1.807, 2.05) is 0 Å². The number of carbonyl (C=O) groups is 2. The van der Waals surface area contributed by atoms with Crippen LogP contribution in [0.2, 0.25) is 0 Å². The molecule has 0 radical (unpaired) electrons. The molecule has 1 atom stereocenters. The minimum absolute atomic E-state index is 0.141. The predicted octanol–water partition coefficient (Wildman–Crippen LogP) is 1.47. The monoisotopic (exact) mass is 299 g/mol. The van der Waals surface area contributed by atoms with Gasteiger partial charge in [0, 0.05) is 31.1 Å². The van der Waals surface area contributed by atoms with E-state index in [0.717, 1.165) is 0 Å². The molecule has 1 aromatic carbocycles. The molecule has 2 rings (SSSR count). The predicted molar refractivity (Wildman–Crippen MR) is 74.4 cm³/mol. The number of benzene rings is 1. The number of urea groups is 1. The van der Waals surface area contributed by atoms with Crippen molar-refractivity contribution in [3.05, 3.63) is 30.1 Å². The highest BCUT2D eigenvalue weighted by Gasteiger charge is 2.31. The fourth-order valence-electron chi connectivity index (χ4n) is 2.10. The molecule has 1 heterocycles. The molecule has 1 aliphatic heterocycles. The van der Waals surface area contributed by atoms with E-state index >= 15 is 0 Å². The molecule has 7 heteroatoms. The van der Waals surface area contributed by atoms with Crippen LogP contribution in [-0.4, -0.2) is 36.9 Å². The fraction of sp³-hybridized carbons (Fsp3) is 0.385. The molecule has 2 N–H and O–H groups in total. The summed E-state index contributed by atoms with van der Waals surface area (Å²) < 4.78 is 13.2. The highest BCUT2D eigenvalue weighted by molar-refractivity contribution is 6.18. The minimum Gasteiger partial charge on any atom is -0.337 e. The second-order valence-corrected chi connectivity index (χ2v) is 4.85. The first-order valence-corrected chi connectivity index (χ1v) is 6.80. The molecule has 0 aliphatic carbocycles. The quantitative estimate of drug-likeness (QED) is 0.827. The highest BCUT2D eigenvalue weighted by Crippen LogP contribution is 2.22. The normalized spacial score (nSPS) is 18.2. The SMILES string of the molecule is O=C(NCCCl)N[C@@H]1CC(=O)N(c2cccc(F)c2)C1. The van der Waals surface area contributed by atoms with E-state index < -0.39 is 5.82 Å². The molecule has 5 nitrogen and oxygen atoms in total. The van der Waals surface area contributed by atoms with Crippen molar-refractivity contribution < 1.29 is 14.0 Å². The van der Waals surface area contributed by atoms with Crippen molar-refractivity contribution in [3.63, 3.8) is 0 Å². The van der Waals surface area contributed by atoms with Crippen LogP contribution in [0.1, 0.15) is 6.42 Å². The van der Waals surface area contributed by atoms with Gasteiger partial charge < -0.3 is 15.5 Å². The van der Waals surface area contributed by atoms with Crippen LogP contribution in [0.4, 0.5) is 14.9 Å². The number of amides is 3. The van der Waals surface area contributed by atoms with Crippen LogP contribution in [0.25, 0.3) is 0 Å². The van der Waals surface area contributed by atoms with Gasteiger partial charge in [0.05, 0.1) is 6.04 Å². The van der Waals surface area contributed by atoms with Crippen LogP contribution in [0.3, 0.4) is 0 Å². The largest absolute Gasteiger partial charge is 0.337 e. The van der Waals surface area contributed by atoms with Gasteiger partial charge in [-0.1, -0.05) is 6.07 Å². The number of halogens is 2. The lowest BCUT2D eigenvalue weighted by atomic mass is 10.2. The highest BCUT2D eigenvalue weighted by atomic mass is 35.5. The molecule has 20 heavy (non-hydrogen) atoms. The third kappa shape index (κ3) is 3.60. The summed E-state index contributed by atoms with van der Waals surface area (Å²) in [7, 11) is 0. The van der Waals surface area contributed by atoms with Gasteiger partial charge in [-0.3, -0.25) is 4.79 Å². The Morgan fingerprint density at radius 1 is 1.50 bits per heavy atom. The Hall–Kier alpha value is -1.82. The van der Waals surface area contributed by atoms with Crippen molar-refractivity contribution in [1.82, 2.24) is 10.6 Å². The molecule has 0 aromatic heterocycles. The summed E-state index contributed by atoms with van der Waals surface area (Å²) in [6.07, 6.45) is 0.199. The van der Waals surface area contributed by atoms with E-state index in [1.165, 1.54) is 17.0 Å². The molecular formula is C13H15ClFN3O2. The summed E-state index contributed by atoms with van der Waals surface area (Å²) in [6, 6.07) is 5.18. The molecule has 0 unspecified atom stereocenters. The first kappa shape index (κ1) is 14.6. The summed E-state index contributed by atoms with van der Waals surface area (Å²) in [5.41, 5.74) is 0.500. The molecule has 1 saturated heterocycles. The summed E-state index contributed by atoms with van der Waals surface area (Å²) in [5.74, 6) is -0.211. The molecular weight excluding hydrogens is 285 g/mol. The number of hydrogen-bond donors (Lipinski definition) is 2. The van der Waals surface area contributed by atoms with Crippen LogP contribution in [-0.2, 0) is 4.79 Å². The number of anilines is 1. The number of carbonyl (C=O) groups excluding carboxylic acids is 2. The molecule has 108 valence electrons. The first-order valence-electron chi connectivity index (χ1n) is 6.26. The summed E-state index contributed by atoms with van der Waals surface area (Å²) >= 11 is 5.46. The molecule has 1 aromatic rings. The Kier molecular flexibility index (Phi) is 4.79. The van der Waals surface area contributed by atoms with Crippen molar-refractivity contribution in [3.8, 4) is 0 Å². The average molecular weight is 300 g/mol. The summed E-state index contributed by atoms with van der Waals surface area (Å²) in [5, 5.41) is 5.26. The Labute approximate surface area is 121 Å². The zero-order chi connectivity index (χ0) is 14.5. The van der Waals surface area contributed by atoms with Gasteiger partial charge in [-0.25, -0.2) is 9.18 Å². The zero-order valence-corrected chi connectivity index (χ0v) is 11.5. The van der Waals surface area contributed by atoms with Crippen LogP contribution in [0.5, 0.6) is 0 Å². The van der Waals surface area contributed by atoms with Crippen LogP contribution in [0.15, 0.2) is 24.3 Å². The van der Waals surface area contributed by atoms with E-state index in [2.05, 4.69) is 10.6 Å². The van der Waals surface area contributed by atoms with Crippen molar-refractivity contribution >= 4 is 29.2 Å². The fourth-order valence-corrected chi connectivity index (χ4v) is 2.19. The second-order valence-electron chi connectivity index (χ2n) is 4.47. The van der Waals surface area contributed by atoms with Crippen LogP contribution >= 0.6 is 11.6 Å². The summed E-state index contributed by atoms with van der Waals surface area (Å²) in [6.45, 7) is 0.693. The van der Waals surface area contributed by atoms with Gasteiger partial charge in [0.1, 0.15) is 5.82 Å². The topological polar surface area (TPSA) is 61.4 Å². The van der Waals surface area contributed by atoms with Crippen molar-refractivity contribution in [1.29, 1.82) is 0 Å². The lowest BCUT2D eigenvalue weighted by molar-refractivity contribution is -0.117. The Morgan fingerprint density at radius 3 is 3.00 bits per heavy atom. The Balaban J connectivity index is 1.95. The molecule has 0 spiro atoms. The van der Waals surface area contributed by atoms with Crippen LogP contribution < -0.4 is 15.5 Å². The Morgan fingerprint density at radius 2 is 2.30 bits per heavy atom. The van der Waals surface area contributed by atoms with Gasteiger partial charge in [0.25, 0.3) is 0 Å². The standard InChI is InChI=1S/C13H15ClFN3O2/c14-4-5-16-13(20)17-10-7-12(19)18(8-10)11-3-1-2-9(15)6-11/h1-3,6,10H,4-5,7-8H2,(H2,16,17,20)/t10-/m1/s1. The molecule has 1 aliphatic rings.